The fraction of sp³-hybridized carbons (Fsp3) is 0.500. The summed E-state index contributed by atoms with van der Waals surface area (Å²) in [6, 6.07) is 2.18. The van der Waals surface area contributed by atoms with Gasteiger partial charge in [-0.05, 0) is 19.8 Å². The van der Waals surface area contributed by atoms with E-state index in [9.17, 15) is 10.1 Å². The van der Waals surface area contributed by atoms with Crippen LogP contribution in [0.15, 0.2) is 4.99 Å². The number of carbonyl (C=O) groups is 1. The molecule has 0 spiro atoms. The molecule has 1 aromatic rings. The molecule has 1 aliphatic heterocycles. The second kappa shape index (κ2) is 5.78. The summed E-state index contributed by atoms with van der Waals surface area (Å²) in [6.45, 7) is 2.80. The normalized spacial score (nSPS) is 13.3. The van der Waals surface area contributed by atoms with Crippen LogP contribution in [0.1, 0.15) is 35.1 Å². The van der Waals surface area contributed by atoms with E-state index in [4.69, 9.17) is 4.74 Å². The highest BCUT2D eigenvalue weighted by Crippen LogP contribution is 2.35. The van der Waals surface area contributed by atoms with Gasteiger partial charge in [0.05, 0.1) is 18.5 Å². The number of aromatic nitrogens is 1. The van der Waals surface area contributed by atoms with Crippen LogP contribution >= 0.6 is 0 Å². The summed E-state index contributed by atoms with van der Waals surface area (Å²) in [5.74, 6) is -0.414. The largest absolute Gasteiger partial charge is 0.461 e. The molecule has 0 bridgehead atoms. The van der Waals surface area contributed by atoms with Gasteiger partial charge in [-0.25, -0.2) is 9.79 Å². The Morgan fingerprint density at radius 2 is 2.35 bits per heavy atom. The summed E-state index contributed by atoms with van der Waals surface area (Å²) >= 11 is 0. The average molecular weight is 274 g/mol. The zero-order chi connectivity index (χ0) is 14.7. The van der Waals surface area contributed by atoms with Crippen molar-refractivity contribution in [3.63, 3.8) is 0 Å². The maximum atomic E-state index is 12.2. The van der Waals surface area contributed by atoms with Crippen LogP contribution < -0.4 is 0 Å². The van der Waals surface area contributed by atoms with Crippen molar-refractivity contribution in [1.82, 2.24) is 9.47 Å². The molecule has 2 heterocycles. The lowest BCUT2D eigenvalue weighted by Crippen LogP contribution is -2.12. The molecule has 2 rings (SSSR count). The molecular weight excluding hydrogens is 256 g/mol. The first-order valence-corrected chi connectivity index (χ1v) is 6.63. The molecule has 20 heavy (non-hydrogen) atoms. The highest BCUT2D eigenvalue weighted by Gasteiger charge is 2.30. The lowest BCUT2D eigenvalue weighted by molar-refractivity contribution is 0.0515. The first-order valence-electron chi connectivity index (χ1n) is 6.63. The predicted molar refractivity (Wildman–Crippen MR) is 75.3 cm³/mol. The Bertz CT molecular complexity index is 593. The number of nitrogens with zero attached hydrogens (tertiary/aromatic N) is 4. The van der Waals surface area contributed by atoms with Crippen LogP contribution in [0, 0.1) is 11.3 Å². The van der Waals surface area contributed by atoms with Crippen molar-refractivity contribution < 1.29 is 9.53 Å². The molecule has 0 saturated heterocycles. The molecule has 0 saturated carbocycles. The maximum Gasteiger partial charge on any atom is 0.357 e. The van der Waals surface area contributed by atoms with E-state index in [1.165, 1.54) is 0 Å². The summed E-state index contributed by atoms with van der Waals surface area (Å²) < 4.78 is 6.98. The van der Waals surface area contributed by atoms with E-state index in [0.717, 1.165) is 25.1 Å². The third kappa shape index (κ3) is 2.39. The lowest BCUT2D eigenvalue weighted by atomic mass is 10.1. The molecule has 0 amide bonds. The summed E-state index contributed by atoms with van der Waals surface area (Å²) in [4.78, 5) is 18.2. The Balaban J connectivity index is 2.58. The van der Waals surface area contributed by atoms with Gasteiger partial charge in [0.2, 0.25) is 0 Å². The number of esters is 1. The maximum absolute atomic E-state index is 12.2. The van der Waals surface area contributed by atoms with E-state index in [-0.39, 0.29) is 0 Å². The van der Waals surface area contributed by atoms with E-state index in [1.807, 2.05) is 18.7 Å². The molecule has 0 atom stereocenters. The smallest absolute Gasteiger partial charge is 0.357 e. The van der Waals surface area contributed by atoms with E-state index in [1.54, 1.807) is 18.2 Å². The highest BCUT2D eigenvalue weighted by molar-refractivity contribution is 5.96. The van der Waals surface area contributed by atoms with Crippen molar-refractivity contribution in [2.45, 2.75) is 26.3 Å². The van der Waals surface area contributed by atoms with Gasteiger partial charge in [0.1, 0.15) is 11.8 Å². The second-order valence-electron chi connectivity index (χ2n) is 4.81. The molecule has 6 nitrogen and oxygen atoms in total. The molecule has 0 radical (unpaired) electrons. The minimum absolute atomic E-state index is 0.304. The van der Waals surface area contributed by atoms with E-state index in [0.29, 0.717) is 23.6 Å². The van der Waals surface area contributed by atoms with Crippen LogP contribution in [0.5, 0.6) is 0 Å². The van der Waals surface area contributed by atoms with Crippen LogP contribution in [0.3, 0.4) is 0 Å². The van der Waals surface area contributed by atoms with Gasteiger partial charge in [0.25, 0.3) is 0 Å². The van der Waals surface area contributed by atoms with Crippen LogP contribution in [-0.4, -0.2) is 42.5 Å². The van der Waals surface area contributed by atoms with Gasteiger partial charge in [-0.2, -0.15) is 5.26 Å². The molecular formula is C14H18N4O2. The van der Waals surface area contributed by atoms with E-state index in [2.05, 4.69) is 11.1 Å². The molecule has 6 heteroatoms. The zero-order valence-corrected chi connectivity index (χ0v) is 12.0. The molecule has 0 aromatic carbocycles. The summed E-state index contributed by atoms with van der Waals surface area (Å²) in [5.41, 5.74) is 2.20. The number of rotatable bonds is 4. The van der Waals surface area contributed by atoms with Gasteiger partial charge in [-0.1, -0.05) is 0 Å². The fourth-order valence-corrected chi connectivity index (χ4v) is 2.39. The Kier molecular flexibility index (Phi) is 4.08. The Morgan fingerprint density at radius 1 is 1.60 bits per heavy atom. The van der Waals surface area contributed by atoms with Crippen LogP contribution in [0.25, 0.3) is 0 Å². The number of aliphatic imine (C=N–C) groups is 1. The van der Waals surface area contributed by atoms with Crippen molar-refractivity contribution in [3.05, 3.63) is 17.0 Å². The van der Waals surface area contributed by atoms with Crippen molar-refractivity contribution in [3.8, 4) is 6.07 Å². The first-order chi connectivity index (χ1) is 9.60. The zero-order valence-electron chi connectivity index (χ0n) is 12.0. The molecule has 0 N–H and O–H groups in total. The Morgan fingerprint density at radius 3 is 2.95 bits per heavy atom. The number of ether oxygens (including phenoxy) is 1. The standard InChI is InChI=1S/C14H18N4O2/c1-4-20-14(19)13-12(16-9-17(2)3)10(8-15)11-6-5-7-18(11)13/h9H,4-7H2,1-3H3. The minimum atomic E-state index is -0.414. The quantitative estimate of drug-likeness (QED) is 0.476. The van der Waals surface area contributed by atoms with Crippen LogP contribution in [0.4, 0.5) is 5.69 Å². The fourth-order valence-electron chi connectivity index (χ4n) is 2.39. The number of fused-ring (bicyclic) bond motifs is 1. The van der Waals surface area contributed by atoms with Crippen LogP contribution in [-0.2, 0) is 17.7 Å². The molecule has 0 aliphatic carbocycles. The van der Waals surface area contributed by atoms with Gasteiger partial charge in [0.15, 0.2) is 5.69 Å². The molecule has 1 aromatic heterocycles. The van der Waals surface area contributed by atoms with Crippen molar-refractivity contribution >= 4 is 18.0 Å². The molecule has 0 fully saturated rings. The van der Waals surface area contributed by atoms with Crippen molar-refractivity contribution in [2.75, 3.05) is 20.7 Å². The van der Waals surface area contributed by atoms with Crippen molar-refractivity contribution in [1.29, 1.82) is 5.26 Å². The summed E-state index contributed by atoms with van der Waals surface area (Å²) in [5, 5.41) is 9.37. The third-order valence-corrected chi connectivity index (χ3v) is 3.14. The van der Waals surface area contributed by atoms with Crippen molar-refractivity contribution in [2.24, 2.45) is 4.99 Å². The SMILES string of the molecule is CCOC(=O)c1c(N=CN(C)C)c(C#N)c2n1CCC2. The number of hydrogen-bond donors (Lipinski definition) is 0. The van der Waals surface area contributed by atoms with Crippen LogP contribution in [0.2, 0.25) is 0 Å². The predicted octanol–water partition coefficient (Wildman–Crippen LogP) is 1.70. The topological polar surface area (TPSA) is 70.6 Å². The van der Waals surface area contributed by atoms with Gasteiger partial charge in [-0.15, -0.1) is 0 Å². The average Bonchev–Trinajstić information content (AvgIpc) is 2.95. The summed E-state index contributed by atoms with van der Waals surface area (Å²) in [6.07, 6.45) is 3.33. The number of carbonyl (C=O) groups excluding carboxylic acids is 1. The number of nitriles is 1. The molecule has 106 valence electrons. The molecule has 0 unspecified atom stereocenters. The second-order valence-corrected chi connectivity index (χ2v) is 4.81. The third-order valence-electron chi connectivity index (χ3n) is 3.14. The van der Waals surface area contributed by atoms with E-state index >= 15 is 0 Å². The Hall–Kier alpha value is -2.29. The van der Waals surface area contributed by atoms with Gasteiger partial charge in [0, 0.05) is 26.3 Å². The van der Waals surface area contributed by atoms with Gasteiger partial charge < -0.3 is 14.2 Å². The van der Waals surface area contributed by atoms with E-state index < -0.39 is 5.97 Å². The van der Waals surface area contributed by atoms with Gasteiger partial charge >= 0.3 is 5.97 Å². The minimum Gasteiger partial charge on any atom is -0.461 e. The first kappa shape index (κ1) is 14.1. The lowest BCUT2D eigenvalue weighted by Gasteiger charge is -2.07. The Labute approximate surface area is 118 Å². The van der Waals surface area contributed by atoms with Gasteiger partial charge in [-0.3, -0.25) is 0 Å². The molecule has 1 aliphatic rings. The monoisotopic (exact) mass is 274 g/mol. The number of hydrogen-bond acceptors (Lipinski definition) is 4. The highest BCUT2D eigenvalue weighted by atomic mass is 16.5. The summed E-state index contributed by atoms with van der Waals surface area (Å²) in [7, 11) is 3.67.